The van der Waals surface area contributed by atoms with Crippen molar-refractivity contribution in [3.63, 3.8) is 0 Å². The third kappa shape index (κ3) is 4.21. The van der Waals surface area contributed by atoms with Gasteiger partial charge in [0.2, 0.25) is 0 Å². The van der Waals surface area contributed by atoms with Gasteiger partial charge >= 0.3 is 0 Å². The van der Waals surface area contributed by atoms with Crippen LogP contribution in [0, 0.1) is 0 Å². The Balaban J connectivity index is 0.00000192. The number of nitrogens with one attached hydrogen (secondary N) is 1. The summed E-state index contributed by atoms with van der Waals surface area (Å²) in [6, 6.07) is 13.9. The number of hydrogen-bond donors (Lipinski definition) is 1. The van der Waals surface area contributed by atoms with E-state index in [1.807, 2.05) is 18.2 Å². The molecule has 23 heavy (non-hydrogen) atoms. The molecule has 3 aromatic rings. The lowest BCUT2D eigenvalue weighted by molar-refractivity contribution is 0.326. The van der Waals surface area contributed by atoms with Crippen molar-refractivity contribution < 1.29 is 13.7 Å². The van der Waals surface area contributed by atoms with E-state index in [1.54, 1.807) is 13.2 Å². The topological polar surface area (TPSA) is 47.3 Å². The van der Waals surface area contributed by atoms with Gasteiger partial charge in [-0.15, -0.1) is 12.4 Å². The highest BCUT2D eigenvalue weighted by Crippen LogP contribution is 2.21. The van der Waals surface area contributed by atoms with Crippen LogP contribution in [0.15, 0.2) is 47.0 Å². The fourth-order valence-corrected chi connectivity index (χ4v) is 2.35. The number of methoxy groups -OCH3 is 1. The van der Waals surface area contributed by atoms with Crippen LogP contribution >= 0.6 is 12.4 Å². The third-order valence-corrected chi connectivity index (χ3v) is 3.49. The van der Waals surface area contributed by atoms with E-state index in [0.29, 0.717) is 18.8 Å². The van der Waals surface area contributed by atoms with E-state index in [2.05, 4.69) is 28.7 Å². The van der Waals surface area contributed by atoms with Crippen molar-refractivity contribution in [1.29, 1.82) is 0 Å². The zero-order valence-electron chi connectivity index (χ0n) is 12.7. The van der Waals surface area contributed by atoms with E-state index in [1.165, 1.54) is 10.9 Å². The highest BCUT2D eigenvalue weighted by atomic mass is 35.5. The molecule has 0 aliphatic heterocycles. The standard InChI is InChI=1S/C17H17FN2O2.ClH/c1-21-16-5-4-13-6-12(2-3-14(13)7-16)10-19-11-15-8-17(9-18)22-20-15;/h2-8,19H,9-11H2,1H3;1H. The number of alkyl halides is 1. The summed E-state index contributed by atoms with van der Waals surface area (Å²) in [5.41, 5.74) is 1.88. The van der Waals surface area contributed by atoms with E-state index in [4.69, 9.17) is 9.26 Å². The minimum absolute atomic E-state index is 0. The fourth-order valence-electron chi connectivity index (χ4n) is 2.35. The number of rotatable bonds is 6. The molecule has 1 aromatic heterocycles. The van der Waals surface area contributed by atoms with Crippen molar-refractivity contribution in [2.45, 2.75) is 19.8 Å². The van der Waals surface area contributed by atoms with Crippen LogP contribution in [0.25, 0.3) is 10.8 Å². The third-order valence-electron chi connectivity index (χ3n) is 3.49. The first-order valence-corrected chi connectivity index (χ1v) is 7.06. The second kappa shape index (κ2) is 7.94. The normalized spacial score (nSPS) is 10.5. The van der Waals surface area contributed by atoms with Gasteiger partial charge in [0, 0.05) is 19.2 Å². The summed E-state index contributed by atoms with van der Waals surface area (Å²) in [6.07, 6.45) is 0. The summed E-state index contributed by atoms with van der Waals surface area (Å²) in [7, 11) is 1.66. The first kappa shape index (κ1) is 17.2. The Kier molecular flexibility index (Phi) is 5.96. The monoisotopic (exact) mass is 336 g/mol. The average Bonchev–Trinajstić information content (AvgIpc) is 3.02. The maximum absolute atomic E-state index is 12.4. The molecule has 1 heterocycles. The Bertz CT molecular complexity index is 776. The molecule has 0 aliphatic carbocycles. The summed E-state index contributed by atoms with van der Waals surface area (Å²) in [5, 5.41) is 9.38. The number of fused-ring (bicyclic) bond motifs is 1. The van der Waals surface area contributed by atoms with Crippen LogP contribution in [0.5, 0.6) is 5.75 Å². The van der Waals surface area contributed by atoms with Crippen LogP contribution in [0.3, 0.4) is 0 Å². The van der Waals surface area contributed by atoms with Gasteiger partial charge in [-0.1, -0.05) is 23.4 Å². The highest BCUT2D eigenvalue weighted by molar-refractivity contribution is 5.85. The molecule has 0 aliphatic rings. The molecule has 2 aromatic carbocycles. The van der Waals surface area contributed by atoms with Gasteiger partial charge in [-0.2, -0.15) is 0 Å². The van der Waals surface area contributed by atoms with Crippen LogP contribution < -0.4 is 10.1 Å². The fraction of sp³-hybridized carbons (Fsp3) is 0.235. The lowest BCUT2D eigenvalue weighted by atomic mass is 10.1. The number of hydrogen-bond acceptors (Lipinski definition) is 4. The maximum atomic E-state index is 12.4. The Morgan fingerprint density at radius 2 is 1.87 bits per heavy atom. The van der Waals surface area contributed by atoms with Gasteiger partial charge in [0.1, 0.15) is 12.4 Å². The predicted octanol–water partition coefficient (Wildman–Crippen LogP) is 4.02. The lowest BCUT2D eigenvalue weighted by Crippen LogP contribution is -2.12. The van der Waals surface area contributed by atoms with E-state index >= 15 is 0 Å². The van der Waals surface area contributed by atoms with Gasteiger partial charge in [-0.3, -0.25) is 0 Å². The van der Waals surface area contributed by atoms with Gasteiger partial charge in [0.05, 0.1) is 12.8 Å². The molecular weight excluding hydrogens is 319 g/mol. The van der Waals surface area contributed by atoms with Crippen molar-refractivity contribution in [2.75, 3.05) is 7.11 Å². The molecule has 0 radical (unpaired) electrons. The number of nitrogens with zero attached hydrogens (tertiary/aromatic N) is 1. The molecule has 0 fully saturated rings. The van der Waals surface area contributed by atoms with E-state index in [9.17, 15) is 4.39 Å². The van der Waals surface area contributed by atoms with E-state index in [-0.39, 0.29) is 18.2 Å². The Morgan fingerprint density at radius 3 is 2.61 bits per heavy atom. The predicted molar refractivity (Wildman–Crippen MR) is 89.6 cm³/mol. The van der Waals surface area contributed by atoms with Gasteiger partial charge in [0.25, 0.3) is 0 Å². The largest absolute Gasteiger partial charge is 0.497 e. The molecule has 6 heteroatoms. The molecule has 4 nitrogen and oxygen atoms in total. The van der Waals surface area contributed by atoms with Crippen LogP contribution in [-0.2, 0) is 19.8 Å². The minimum atomic E-state index is -0.624. The van der Waals surface area contributed by atoms with Crippen molar-refractivity contribution in [2.24, 2.45) is 0 Å². The Labute approximate surface area is 140 Å². The van der Waals surface area contributed by atoms with Crippen LogP contribution in [-0.4, -0.2) is 12.3 Å². The SMILES string of the molecule is COc1ccc2cc(CNCc3cc(CF)on3)ccc2c1.Cl. The van der Waals surface area contributed by atoms with Gasteiger partial charge in [-0.05, 0) is 34.5 Å². The Hall–Kier alpha value is -2.11. The second-order valence-corrected chi connectivity index (χ2v) is 5.07. The second-order valence-electron chi connectivity index (χ2n) is 5.07. The molecule has 1 N–H and O–H groups in total. The van der Waals surface area contributed by atoms with Crippen molar-refractivity contribution in [3.05, 3.63) is 59.5 Å². The number of benzene rings is 2. The number of ether oxygens (including phenoxy) is 1. The minimum Gasteiger partial charge on any atom is -0.497 e. The lowest BCUT2D eigenvalue weighted by Gasteiger charge is -2.06. The first-order valence-electron chi connectivity index (χ1n) is 7.06. The molecular formula is C17H18ClFN2O2. The summed E-state index contributed by atoms with van der Waals surface area (Å²) in [5.74, 6) is 1.12. The molecule has 0 atom stereocenters. The van der Waals surface area contributed by atoms with Crippen LogP contribution in [0.4, 0.5) is 4.39 Å². The van der Waals surface area contributed by atoms with Crippen LogP contribution in [0.2, 0.25) is 0 Å². The summed E-state index contributed by atoms with van der Waals surface area (Å²) >= 11 is 0. The number of halogens is 2. The molecule has 122 valence electrons. The Morgan fingerprint density at radius 1 is 1.09 bits per heavy atom. The van der Waals surface area contributed by atoms with Crippen molar-refractivity contribution >= 4 is 23.2 Å². The summed E-state index contributed by atoms with van der Waals surface area (Å²) in [4.78, 5) is 0. The maximum Gasteiger partial charge on any atom is 0.168 e. The highest BCUT2D eigenvalue weighted by Gasteiger charge is 2.03. The van der Waals surface area contributed by atoms with Crippen molar-refractivity contribution in [3.8, 4) is 5.75 Å². The van der Waals surface area contributed by atoms with Gasteiger partial charge in [0.15, 0.2) is 5.76 Å². The smallest absolute Gasteiger partial charge is 0.168 e. The zero-order chi connectivity index (χ0) is 15.4. The molecule has 3 rings (SSSR count). The molecule has 0 spiro atoms. The molecule has 0 saturated carbocycles. The number of aromatic nitrogens is 1. The van der Waals surface area contributed by atoms with Gasteiger partial charge in [-0.25, -0.2) is 4.39 Å². The quantitative estimate of drug-likeness (QED) is 0.738. The van der Waals surface area contributed by atoms with Crippen LogP contribution in [0.1, 0.15) is 17.0 Å². The van der Waals surface area contributed by atoms with E-state index < -0.39 is 6.67 Å². The van der Waals surface area contributed by atoms with Gasteiger partial charge < -0.3 is 14.6 Å². The average molecular weight is 337 g/mol. The summed E-state index contributed by atoms with van der Waals surface area (Å²) < 4.78 is 22.4. The molecule has 0 bridgehead atoms. The molecule has 0 amide bonds. The van der Waals surface area contributed by atoms with Crippen molar-refractivity contribution in [1.82, 2.24) is 10.5 Å². The summed E-state index contributed by atoms with van der Waals surface area (Å²) in [6.45, 7) is 0.630. The first-order chi connectivity index (χ1) is 10.8. The van der Waals surface area contributed by atoms with E-state index in [0.717, 1.165) is 11.1 Å². The molecule has 0 unspecified atom stereocenters. The zero-order valence-corrected chi connectivity index (χ0v) is 13.5. The molecule has 0 saturated heterocycles.